The standard InChI is InChI=1S/C12H14N2O/c1-2-6-12(14-10-9-13)15-11-7-4-3-5-8-11/h2-5,7-10,12-13H,1,6H2. The van der Waals surface area contributed by atoms with Crippen LogP contribution in [-0.2, 0) is 0 Å². The summed E-state index contributed by atoms with van der Waals surface area (Å²) in [5.74, 6) is 0.770. The van der Waals surface area contributed by atoms with Crippen molar-refractivity contribution in [2.24, 2.45) is 4.99 Å². The minimum atomic E-state index is -0.300. The van der Waals surface area contributed by atoms with E-state index in [9.17, 15) is 0 Å². The first-order valence-electron chi connectivity index (χ1n) is 4.71. The first kappa shape index (κ1) is 11.2. The Bertz CT molecular complexity index is 333. The first-order chi connectivity index (χ1) is 7.36. The van der Waals surface area contributed by atoms with Crippen molar-refractivity contribution in [3.63, 3.8) is 0 Å². The van der Waals surface area contributed by atoms with Gasteiger partial charge in [-0.1, -0.05) is 24.3 Å². The van der Waals surface area contributed by atoms with E-state index in [4.69, 9.17) is 10.1 Å². The van der Waals surface area contributed by atoms with E-state index in [1.807, 2.05) is 30.3 Å². The van der Waals surface area contributed by atoms with E-state index in [0.29, 0.717) is 6.42 Å². The molecule has 0 saturated heterocycles. The summed E-state index contributed by atoms with van der Waals surface area (Å²) in [6.45, 7) is 3.64. The number of benzene rings is 1. The number of nitrogens with one attached hydrogen (secondary N) is 1. The number of ether oxygens (including phenoxy) is 1. The lowest BCUT2D eigenvalue weighted by Gasteiger charge is -2.12. The van der Waals surface area contributed by atoms with Gasteiger partial charge in [0.1, 0.15) is 5.75 Å². The minimum absolute atomic E-state index is 0.300. The van der Waals surface area contributed by atoms with Crippen molar-refractivity contribution in [3.8, 4) is 5.75 Å². The van der Waals surface area contributed by atoms with E-state index in [-0.39, 0.29) is 6.23 Å². The smallest absolute Gasteiger partial charge is 0.193 e. The maximum absolute atomic E-state index is 6.85. The van der Waals surface area contributed by atoms with Crippen LogP contribution in [0.15, 0.2) is 48.0 Å². The molecular weight excluding hydrogens is 188 g/mol. The van der Waals surface area contributed by atoms with Crippen molar-refractivity contribution < 1.29 is 4.74 Å². The molecule has 0 heterocycles. The molecule has 1 unspecified atom stereocenters. The Morgan fingerprint density at radius 2 is 2.13 bits per heavy atom. The molecule has 0 fully saturated rings. The number of aliphatic imine (C=N–C) groups is 1. The third-order valence-electron chi connectivity index (χ3n) is 1.71. The molecule has 3 nitrogen and oxygen atoms in total. The van der Waals surface area contributed by atoms with Crippen molar-refractivity contribution in [2.75, 3.05) is 0 Å². The Hall–Kier alpha value is -1.90. The van der Waals surface area contributed by atoms with Gasteiger partial charge in [0.2, 0.25) is 0 Å². The molecule has 1 N–H and O–H groups in total. The van der Waals surface area contributed by atoms with Gasteiger partial charge in [0.25, 0.3) is 0 Å². The van der Waals surface area contributed by atoms with Crippen LogP contribution in [0, 0.1) is 5.41 Å². The predicted molar refractivity (Wildman–Crippen MR) is 62.9 cm³/mol. The Morgan fingerprint density at radius 3 is 2.73 bits per heavy atom. The largest absolute Gasteiger partial charge is 0.468 e. The van der Waals surface area contributed by atoms with Crippen LogP contribution in [0.4, 0.5) is 0 Å². The third-order valence-corrected chi connectivity index (χ3v) is 1.71. The zero-order valence-electron chi connectivity index (χ0n) is 8.47. The highest BCUT2D eigenvalue weighted by molar-refractivity contribution is 6.14. The number of para-hydroxylation sites is 1. The molecule has 0 saturated carbocycles. The molecule has 1 atom stereocenters. The topological polar surface area (TPSA) is 45.4 Å². The average Bonchev–Trinajstić information content (AvgIpc) is 2.28. The molecule has 1 aromatic rings. The summed E-state index contributed by atoms with van der Waals surface area (Å²) in [7, 11) is 0. The highest BCUT2D eigenvalue weighted by atomic mass is 16.5. The highest BCUT2D eigenvalue weighted by Crippen LogP contribution is 2.13. The van der Waals surface area contributed by atoms with Crippen LogP contribution in [0.25, 0.3) is 0 Å². The molecule has 0 bridgehead atoms. The molecule has 78 valence electrons. The molecule has 0 aromatic heterocycles. The molecule has 0 aliphatic heterocycles. The third kappa shape index (κ3) is 4.22. The first-order valence-corrected chi connectivity index (χ1v) is 4.71. The van der Waals surface area contributed by atoms with Crippen LogP contribution < -0.4 is 4.74 Å². The quantitative estimate of drug-likeness (QED) is 0.559. The number of rotatable bonds is 6. The molecule has 0 spiro atoms. The van der Waals surface area contributed by atoms with Gasteiger partial charge in [0.15, 0.2) is 6.23 Å². The molecule has 0 radical (unpaired) electrons. The van der Waals surface area contributed by atoms with Crippen LogP contribution in [0.3, 0.4) is 0 Å². The van der Waals surface area contributed by atoms with Crippen LogP contribution in [0.2, 0.25) is 0 Å². The summed E-state index contributed by atoms with van der Waals surface area (Å²) in [6, 6.07) is 9.48. The zero-order valence-corrected chi connectivity index (χ0v) is 8.47. The van der Waals surface area contributed by atoms with Gasteiger partial charge in [-0.15, -0.1) is 6.58 Å². The van der Waals surface area contributed by atoms with Gasteiger partial charge < -0.3 is 10.1 Å². The fourth-order valence-electron chi connectivity index (χ4n) is 1.08. The second-order valence-corrected chi connectivity index (χ2v) is 2.87. The minimum Gasteiger partial charge on any atom is -0.468 e. The van der Waals surface area contributed by atoms with E-state index in [1.165, 1.54) is 6.21 Å². The molecular formula is C12H14N2O. The van der Waals surface area contributed by atoms with Crippen molar-refractivity contribution in [1.82, 2.24) is 0 Å². The van der Waals surface area contributed by atoms with Crippen molar-refractivity contribution >= 4 is 12.4 Å². The van der Waals surface area contributed by atoms with Crippen LogP contribution in [0.1, 0.15) is 6.42 Å². The zero-order chi connectivity index (χ0) is 10.9. The van der Waals surface area contributed by atoms with Crippen LogP contribution in [-0.4, -0.2) is 18.7 Å². The Labute approximate surface area is 89.6 Å². The maximum atomic E-state index is 6.85. The Balaban J connectivity index is 2.62. The Morgan fingerprint density at radius 1 is 1.40 bits per heavy atom. The van der Waals surface area contributed by atoms with Crippen LogP contribution >= 0.6 is 0 Å². The van der Waals surface area contributed by atoms with Crippen molar-refractivity contribution in [2.45, 2.75) is 12.6 Å². The number of hydrogen-bond donors (Lipinski definition) is 1. The monoisotopic (exact) mass is 202 g/mol. The molecule has 3 heteroatoms. The van der Waals surface area contributed by atoms with E-state index >= 15 is 0 Å². The summed E-state index contributed by atoms with van der Waals surface area (Å²) >= 11 is 0. The molecule has 0 aliphatic rings. The molecule has 0 amide bonds. The SMILES string of the molecule is C=CCC(N=CC=N)Oc1ccccc1. The van der Waals surface area contributed by atoms with E-state index in [2.05, 4.69) is 11.6 Å². The average molecular weight is 202 g/mol. The van der Waals surface area contributed by atoms with E-state index in [1.54, 1.807) is 6.08 Å². The molecule has 1 rings (SSSR count). The normalized spacial score (nSPS) is 12.3. The fraction of sp³-hybridized carbons (Fsp3) is 0.167. The maximum Gasteiger partial charge on any atom is 0.193 e. The summed E-state index contributed by atoms with van der Waals surface area (Å²) in [5.41, 5.74) is 0. The highest BCUT2D eigenvalue weighted by Gasteiger charge is 2.04. The lowest BCUT2D eigenvalue weighted by molar-refractivity contribution is 0.216. The lowest BCUT2D eigenvalue weighted by atomic mass is 10.3. The summed E-state index contributed by atoms with van der Waals surface area (Å²) in [4.78, 5) is 4.07. The predicted octanol–water partition coefficient (Wildman–Crippen LogP) is 2.69. The molecule has 0 aliphatic carbocycles. The summed E-state index contributed by atoms with van der Waals surface area (Å²) in [6.07, 6.45) is 4.61. The van der Waals surface area contributed by atoms with Gasteiger partial charge >= 0.3 is 0 Å². The van der Waals surface area contributed by atoms with Gasteiger partial charge in [0.05, 0.1) is 0 Å². The van der Waals surface area contributed by atoms with E-state index in [0.717, 1.165) is 12.0 Å². The van der Waals surface area contributed by atoms with E-state index < -0.39 is 0 Å². The lowest BCUT2D eigenvalue weighted by Crippen LogP contribution is -2.12. The fourth-order valence-corrected chi connectivity index (χ4v) is 1.08. The second kappa shape index (κ2) is 6.54. The Kier molecular flexibility index (Phi) is 4.87. The second-order valence-electron chi connectivity index (χ2n) is 2.87. The van der Waals surface area contributed by atoms with Gasteiger partial charge in [-0.05, 0) is 12.1 Å². The van der Waals surface area contributed by atoms with Gasteiger partial charge in [-0.25, -0.2) is 4.99 Å². The van der Waals surface area contributed by atoms with Crippen molar-refractivity contribution in [3.05, 3.63) is 43.0 Å². The summed E-state index contributed by atoms with van der Waals surface area (Å²) < 4.78 is 5.58. The van der Waals surface area contributed by atoms with Gasteiger partial charge in [-0.2, -0.15) is 0 Å². The van der Waals surface area contributed by atoms with Crippen molar-refractivity contribution in [1.29, 1.82) is 5.41 Å². The molecule has 15 heavy (non-hydrogen) atoms. The molecule has 1 aromatic carbocycles. The summed E-state index contributed by atoms with van der Waals surface area (Å²) in [5, 5.41) is 6.85. The van der Waals surface area contributed by atoms with Gasteiger partial charge in [0, 0.05) is 18.9 Å². The van der Waals surface area contributed by atoms with Crippen LogP contribution in [0.5, 0.6) is 5.75 Å². The number of hydrogen-bond acceptors (Lipinski definition) is 3. The number of nitrogens with zero attached hydrogens (tertiary/aromatic N) is 1. The van der Waals surface area contributed by atoms with Gasteiger partial charge in [-0.3, -0.25) is 0 Å².